The zero-order valence-electron chi connectivity index (χ0n) is 15.8. The summed E-state index contributed by atoms with van der Waals surface area (Å²) in [6, 6.07) is 11.4. The molecule has 6 heteroatoms. The minimum Gasteiger partial charge on any atom is -0.464 e. The molecule has 1 aromatic heterocycles. The van der Waals surface area contributed by atoms with E-state index in [0.29, 0.717) is 18.0 Å². The van der Waals surface area contributed by atoms with E-state index >= 15 is 0 Å². The molecule has 0 saturated carbocycles. The lowest BCUT2D eigenvalue weighted by molar-refractivity contribution is 0.0586. The Morgan fingerprint density at radius 1 is 1.04 bits per heavy atom. The standard InChI is InChI=1S/C21H25N3O3/c1-22(2)21(26)23-12-15-5-10-18(14-23)24(13-15)20(25)17-8-6-16(7-9-17)19-4-3-11-27-19/h3-4,6-9,11,15,18H,5,10,12-14H2,1-2H3/t15-,18+/m0/s1. The van der Waals surface area contributed by atoms with E-state index in [-0.39, 0.29) is 18.0 Å². The van der Waals surface area contributed by atoms with Crippen LogP contribution in [0.25, 0.3) is 11.3 Å². The van der Waals surface area contributed by atoms with E-state index in [4.69, 9.17) is 4.42 Å². The first kappa shape index (κ1) is 17.6. The fourth-order valence-corrected chi connectivity index (χ4v) is 4.16. The molecule has 4 heterocycles. The van der Waals surface area contributed by atoms with E-state index in [1.807, 2.05) is 46.2 Å². The van der Waals surface area contributed by atoms with E-state index in [9.17, 15) is 9.59 Å². The Labute approximate surface area is 159 Å². The summed E-state index contributed by atoms with van der Waals surface area (Å²) in [7, 11) is 3.55. The predicted octanol–water partition coefficient (Wildman–Crippen LogP) is 3.16. The van der Waals surface area contributed by atoms with Crippen molar-refractivity contribution in [2.75, 3.05) is 33.7 Å². The van der Waals surface area contributed by atoms with Crippen molar-refractivity contribution in [2.45, 2.75) is 18.9 Å². The molecular formula is C21H25N3O3. The lowest BCUT2D eigenvalue weighted by Crippen LogP contribution is -2.48. The molecule has 3 aliphatic heterocycles. The van der Waals surface area contributed by atoms with Gasteiger partial charge in [0.15, 0.2) is 0 Å². The molecule has 2 atom stereocenters. The van der Waals surface area contributed by atoms with Gasteiger partial charge in [0.2, 0.25) is 0 Å². The van der Waals surface area contributed by atoms with Crippen molar-refractivity contribution >= 4 is 11.9 Å². The summed E-state index contributed by atoms with van der Waals surface area (Å²) in [5, 5.41) is 0. The molecule has 3 amide bonds. The van der Waals surface area contributed by atoms with Crippen molar-refractivity contribution in [1.82, 2.24) is 14.7 Å². The van der Waals surface area contributed by atoms with Gasteiger partial charge < -0.3 is 19.1 Å². The quantitative estimate of drug-likeness (QED) is 0.819. The molecule has 27 heavy (non-hydrogen) atoms. The van der Waals surface area contributed by atoms with E-state index in [2.05, 4.69) is 0 Å². The van der Waals surface area contributed by atoms with Crippen molar-refractivity contribution in [2.24, 2.45) is 5.92 Å². The van der Waals surface area contributed by atoms with Gasteiger partial charge in [0.05, 0.1) is 6.26 Å². The number of amides is 3. The number of piperidine rings is 1. The zero-order chi connectivity index (χ0) is 19.0. The Kier molecular flexibility index (Phi) is 4.64. The van der Waals surface area contributed by atoms with Crippen LogP contribution in [0.3, 0.4) is 0 Å². The van der Waals surface area contributed by atoms with Gasteiger partial charge in [-0.3, -0.25) is 4.79 Å². The molecule has 142 valence electrons. The van der Waals surface area contributed by atoms with Crippen LogP contribution in [-0.4, -0.2) is 66.4 Å². The number of furan rings is 1. The van der Waals surface area contributed by atoms with Crippen LogP contribution in [0.4, 0.5) is 4.79 Å². The molecule has 0 unspecified atom stereocenters. The summed E-state index contributed by atoms with van der Waals surface area (Å²) in [4.78, 5) is 31.0. The van der Waals surface area contributed by atoms with Crippen LogP contribution in [-0.2, 0) is 0 Å². The van der Waals surface area contributed by atoms with E-state index < -0.39 is 0 Å². The largest absolute Gasteiger partial charge is 0.464 e. The third-order valence-corrected chi connectivity index (χ3v) is 5.57. The van der Waals surface area contributed by atoms with Crippen molar-refractivity contribution in [3.05, 3.63) is 48.2 Å². The van der Waals surface area contributed by atoms with E-state index in [1.165, 1.54) is 0 Å². The van der Waals surface area contributed by atoms with E-state index in [1.54, 1.807) is 25.3 Å². The van der Waals surface area contributed by atoms with Crippen molar-refractivity contribution in [1.29, 1.82) is 0 Å². The number of carbonyl (C=O) groups excluding carboxylic acids is 2. The highest BCUT2D eigenvalue weighted by Gasteiger charge is 2.39. The summed E-state index contributed by atoms with van der Waals surface area (Å²) in [5.74, 6) is 1.19. The lowest BCUT2D eigenvalue weighted by atomic mass is 9.94. The summed E-state index contributed by atoms with van der Waals surface area (Å²) >= 11 is 0. The molecule has 6 nitrogen and oxygen atoms in total. The predicted molar refractivity (Wildman–Crippen MR) is 102 cm³/mol. The molecular weight excluding hydrogens is 342 g/mol. The van der Waals surface area contributed by atoms with Crippen molar-refractivity contribution < 1.29 is 14.0 Å². The molecule has 5 rings (SSSR count). The fourth-order valence-electron chi connectivity index (χ4n) is 4.16. The number of hydrogen-bond acceptors (Lipinski definition) is 3. The minimum absolute atomic E-state index is 0.0315. The van der Waals surface area contributed by atoms with Gasteiger partial charge in [-0.05, 0) is 43.0 Å². The van der Waals surface area contributed by atoms with Crippen molar-refractivity contribution in [3.8, 4) is 11.3 Å². The van der Waals surface area contributed by atoms with Gasteiger partial charge in [-0.1, -0.05) is 12.1 Å². The Morgan fingerprint density at radius 3 is 2.48 bits per heavy atom. The Balaban J connectivity index is 1.51. The maximum atomic E-state index is 13.1. The number of fused-ring (bicyclic) bond motifs is 4. The third kappa shape index (κ3) is 3.44. The minimum atomic E-state index is 0.0315. The van der Waals surface area contributed by atoms with Gasteiger partial charge in [-0.15, -0.1) is 0 Å². The lowest BCUT2D eigenvalue weighted by Gasteiger charge is -2.36. The van der Waals surface area contributed by atoms with Crippen LogP contribution in [0, 0.1) is 5.92 Å². The van der Waals surface area contributed by atoms with Crippen LogP contribution >= 0.6 is 0 Å². The first-order chi connectivity index (χ1) is 13.0. The molecule has 2 aromatic rings. The third-order valence-electron chi connectivity index (χ3n) is 5.57. The zero-order valence-corrected chi connectivity index (χ0v) is 15.8. The highest BCUT2D eigenvalue weighted by atomic mass is 16.3. The normalized spacial score (nSPS) is 21.9. The molecule has 3 aliphatic rings. The number of benzene rings is 1. The summed E-state index contributed by atoms with van der Waals surface area (Å²) in [6.07, 6.45) is 3.67. The van der Waals surface area contributed by atoms with E-state index in [0.717, 1.165) is 37.3 Å². The number of rotatable bonds is 2. The maximum Gasteiger partial charge on any atom is 0.319 e. The van der Waals surface area contributed by atoms with Gasteiger partial charge in [-0.2, -0.15) is 0 Å². The molecule has 2 bridgehead atoms. The van der Waals surface area contributed by atoms with Gasteiger partial charge >= 0.3 is 6.03 Å². The second-order valence-electron chi connectivity index (χ2n) is 7.69. The smallest absolute Gasteiger partial charge is 0.319 e. The Bertz CT molecular complexity index is 814. The van der Waals surface area contributed by atoms with Gasteiger partial charge in [0.1, 0.15) is 5.76 Å². The van der Waals surface area contributed by atoms with Crippen molar-refractivity contribution in [3.63, 3.8) is 0 Å². The second kappa shape index (κ2) is 7.10. The summed E-state index contributed by atoms with van der Waals surface area (Å²) in [5.41, 5.74) is 1.64. The number of urea groups is 1. The SMILES string of the molecule is CN(C)C(=O)N1C[C@@H]2CC[C@H](C1)N(C(=O)c1ccc(-c3ccco3)cc1)C2. The highest BCUT2D eigenvalue weighted by molar-refractivity contribution is 5.95. The Hall–Kier alpha value is -2.76. The van der Waals surface area contributed by atoms with Crippen LogP contribution in [0.5, 0.6) is 0 Å². The maximum absolute atomic E-state index is 13.1. The molecule has 0 radical (unpaired) electrons. The number of carbonyl (C=O) groups is 2. The Morgan fingerprint density at radius 2 is 1.81 bits per heavy atom. The number of nitrogens with zero attached hydrogens (tertiary/aromatic N) is 3. The molecule has 0 spiro atoms. The summed E-state index contributed by atoms with van der Waals surface area (Å²) in [6.45, 7) is 2.07. The fraction of sp³-hybridized carbons (Fsp3) is 0.429. The molecule has 1 aromatic carbocycles. The molecule has 0 N–H and O–H groups in total. The average Bonchev–Trinajstić information content (AvgIpc) is 3.07. The highest BCUT2D eigenvalue weighted by Crippen LogP contribution is 2.30. The topological polar surface area (TPSA) is 57.0 Å². The average molecular weight is 367 g/mol. The van der Waals surface area contributed by atoms with Crippen LogP contribution in [0.2, 0.25) is 0 Å². The van der Waals surface area contributed by atoms with Gasteiger partial charge in [-0.25, -0.2) is 4.79 Å². The first-order valence-corrected chi connectivity index (χ1v) is 9.44. The van der Waals surface area contributed by atoms with Gasteiger partial charge in [0, 0.05) is 50.9 Å². The monoisotopic (exact) mass is 367 g/mol. The molecule has 3 fully saturated rings. The number of hydrogen-bond donors (Lipinski definition) is 0. The second-order valence-corrected chi connectivity index (χ2v) is 7.69. The van der Waals surface area contributed by atoms with Crippen LogP contribution in [0.1, 0.15) is 23.2 Å². The first-order valence-electron chi connectivity index (χ1n) is 9.44. The van der Waals surface area contributed by atoms with Crippen LogP contribution in [0.15, 0.2) is 47.1 Å². The van der Waals surface area contributed by atoms with Gasteiger partial charge in [0.25, 0.3) is 5.91 Å². The molecule has 0 aliphatic carbocycles. The molecule has 3 saturated heterocycles. The van der Waals surface area contributed by atoms with Crippen LogP contribution < -0.4 is 0 Å². The summed E-state index contributed by atoms with van der Waals surface area (Å²) < 4.78 is 5.41.